The van der Waals surface area contributed by atoms with Crippen molar-refractivity contribution in [3.8, 4) is 0 Å². The van der Waals surface area contributed by atoms with Gasteiger partial charge < -0.3 is 20.0 Å². The maximum Gasteiger partial charge on any atom is 0.407 e. The molecule has 0 aliphatic heterocycles. The number of nitrogens with one attached hydrogen (secondary N) is 1. The molecule has 0 saturated heterocycles. The second kappa shape index (κ2) is 4.72. The van der Waals surface area contributed by atoms with Crippen molar-refractivity contribution in [3.63, 3.8) is 0 Å². The number of carbonyl (C=O) groups excluding carboxylic acids is 2. The number of alkyl carbamates (subject to hydrolysis) is 1. The summed E-state index contributed by atoms with van der Waals surface area (Å²) >= 11 is 0. The van der Waals surface area contributed by atoms with E-state index in [9.17, 15) is 14.7 Å². The van der Waals surface area contributed by atoms with Crippen LogP contribution < -0.4 is 10.4 Å². The molecular formula is C11H18NO4-. The quantitative estimate of drug-likeness (QED) is 0.743. The Morgan fingerprint density at radius 2 is 1.94 bits per heavy atom. The fourth-order valence-corrected chi connectivity index (χ4v) is 1.80. The van der Waals surface area contributed by atoms with E-state index < -0.39 is 23.6 Å². The molecule has 1 aliphatic rings. The molecule has 0 aromatic carbocycles. The number of hydrogen-bond donors (Lipinski definition) is 1. The normalized spacial score (nSPS) is 25.2. The SMILES string of the molecule is CC(C)(C)OC(=O)N[C@@H]1CC[C@H](C(=O)[O-])C1. The number of rotatable bonds is 2. The van der Waals surface area contributed by atoms with Crippen LogP contribution in [0.2, 0.25) is 0 Å². The highest BCUT2D eigenvalue weighted by molar-refractivity contribution is 5.70. The number of ether oxygens (including phenoxy) is 1. The predicted molar refractivity (Wildman–Crippen MR) is 55.5 cm³/mol. The van der Waals surface area contributed by atoms with Gasteiger partial charge >= 0.3 is 6.09 Å². The molecule has 0 heterocycles. The Labute approximate surface area is 95.2 Å². The Kier molecular flexibility index (Phi) is 3.78. The van der Waals surface area contributed by atoms with Crippen LogP contribution in [-0.4, -0.2) is 23.7 Å². The van der Waals surface area contributed by atoms with Gasteiger partial charge in [-0.3, -0.25) is 0 Å². The number of hydrogen-bond acceptors (Lipinski definition) is 4. The van der Waals surface area contributed by atoms with Gasteiger partial charge in [-0.25, -0.2) is 4.79 Å². The van der Waals surface area contributed by atoms with Crippen LogP contribution in [0, 0.1) is 5.92 Å². The molecule has 1 amide bonds. The fourth-order valence-electron chi connectivity index (χ4n) is 1.80. The van der Waals surface area contributed by atoms with E-state index in [-0.39, 0.29) is 6.04 Å². The summed E-state index contributed by atoms with van der Waals surface area (Å²) in [5.41, 5.74) is -0.531. The first-order valence-corrected chi connectivity index (χ1v) is 5.48. The van der Waals surface area contributed by atoms with Gasteiger partial charge in [0.05, 0.1) is 0 Å². The minimum atomic E-state index is -1.03. The van der Waals surface area contributed by atoms with Crippen LogP contribution in [0.5, 0.6) is 0 Å². The second-order valence-electron chi connectivity index (χ2n) is 5.17. The van der Waals surface area contributed by atoms with E-state index in [1.165, 1.54) is 0 Å². The molecule has 1 saturated carbocycles. The van der Waals surface area contributed by atoms with Crippen molar-refractivity contribution < 1.29 is 19.4 Å². The maximum atomic E-state index is 11.4. The van der Waals surface area contributed by atoms with Crippen LogP contribution in [0.1, 0.15) is 40.0 Å². The molecule has 0 unspecified atom stereocenters. The number of carboxylic acids is 1. The lowest BCUT2D eigenvalue weighted by Crippen LogP contribution is -2.38. The molecule has 1 N–H and O–H groups in total. The molecule has 2 atom stereocenters. The number of aliphatic carboxylic acids is 1. The molecule has 5 heteroatoms. The van der Waals surface area contributed by atoms with Gasteiger partial charge in [-0.05, 0) is 40.0 Å². The van der Waals surface area contributed by atoms with E-state index in [0.29, 0.717) is 19.3 Å². The summed E-state index contributed by atoms with van der Waals surface area (Å²) in [4.78, 5) is 22.0. The van der Waals surface area contributed by atoms with E-state index >= 15 is 0 Å². The van der Waals surface area contributed by atoms with Crippen molar-refractivity contribution >= 4 is 12.1 Å². The van der Waals surface area contributed by atoms with Crippen LogP contribution in [0.4, 0.5) is 4.79 Å². The highest BCUT2D eigenvalue weighted by Gasteiger charge is 2.28. The van der Waals surface area contributed by atoms with Crippen molar-refractivity contribution in [1.82, 2.24) is 5.32 Å². The minimum absolute atomic E-state index is 0.113. The van der Waals surface area contributed by atoms with Gasteiger partial charge in [0, 0.05) is 17.9 Å². The zero-order valence-corrected chi connectivity index (χ0v) is 9.91. The molecule has 0 bridgehead atoms. The summed E-state index contributed by atoms with van der Waals surface area (Å²) in [6.07, 6.45) is 1.17. The Hall–Kier alpha value is -1.26. The molecule has 16 heavy (non-hydrogen) atoms. The first-order valence-electron chi connectivity index (χ1n) is 5.48. The van der Waals surface area contributed by atoms with E-state index in [4.69, 9.17) is 4.74 Å². The first-order chi connectivity index (χ1) is 7.28. The largest absolute Gasteiger partial charge is 0.550 e. The topological polar surface area (TPSA) is 78.5 Å². The van der Waals surface area contributed by atoms with E-state index in [2.05, 4.69) is 5.32 Å². The van der Waals surface area contributed by atoms with Gasteiger partial charge in [0.15, 0.2) is 0 Å². The Morgan fingerprint density at radius 1 is 1.31 bits per heavy atom. The van der Waals surface area contributed by atoms with Gasteiger partial charge in [-0.15, -0.1) is 0 Å². The van der Waals surface area contributed by atoms with Crippen LogP contribution in [0.3, 0.4) is 0 Å². The molecule has 0 aromatic rings. The minimum Gasteiger partial charge on any atom is -0.550 e. The first kappa shape index (κ1) is 12.8. The third-order valence-corrected chi connectivity index (χ3v) is 2.49. The summed E-state index contributed by atoms with van der Waals surface area (Å²) < 4.78 is 5.08. The Morgan fingerprint density at radius 3 is 2.38 bits per heavy atom. The monoisotopic (exact) mass is 228 g/mol. The molecule has 1 fully saturated rings. The van der Waals surface area contributed by atoms with Gasteiger partial charge in [-0.2, -0.15) is 0 Å². The summed E-state index contributed by atoms with van der Waals surface area (Å²) in [5, 5.41) is 13.3. The summed E-state index contributed by atoms with van der Waals surface area (Å²) in [5.74, 6) is -1.48. The zero-order chi connectivity index (χ0) is 12.3. The molecule has 92 valence electrons. The van der Waals surface area contributed by atoms with Crippen LogP contribution in [0.15, 0.2) is 0 Å². The van der Waals surface area contributed by atoms with Gasteiger partial charge in [0.25, 0.3) is 0 Å². The molecule has 5 nitrogen and oxygen atoms in total. The highest BCUT2D eigenvalue weighted by Crippen LogP contribution is 2.25. The lowest BCUT2D eigenvalue weighted by atomic mass is 10.1. The highest BCUT2D eigenvalue weighted by atomic mass is 16.6. The standard InChI is InChI=1S/C11H19NO4/c1-11(2,3)16-10(15)12-8-5-4-7(6-8)9(13)14/h7-8H,4-6H2,1-3H3,(H,12,15)(H,13,14)/p-1/t7-,8+/m0/s1. The molecule has 1 rings (SSSR count). The van der Waals surface area contributed by atoms with Crippen molar-refractivity contribution in [1.29, 1.82) is 0 Å². The summed E-state index contributed by atoms with van der Waals surface area (Å²) in [7, 11) is 0. The van der Waals surface area contributed by atoms with Crippen LogP contribution >= 0.6 is 0 Å². The average Bonchev–Trinajstić information content (AvgIpc) is 2.48. The van der Waals surface area contributed by atoms with Crippen molar-refractivity contribution in [2.45, 2.75) is 51.7 Å². The summed E-state index contributed by atoms with van der Waals surface area (Å²) in [6.45, 7) is 5.35. The number of carbonyl (C=O) groups is 2. The van der Waals surface area contributed by atoms with Crippen LogP contribution in [-0.2, 0) is 9.53 Å². The van der Waals surface area contributed by atoms with E-state index in [1.807, 2.05) is 0 Å². The molecule has 0 radical (unpaired) electrons. The van der Waals surface area contributed by atoms with Crippen molar-refractivity contribution in [2.75, 3.05) is 0 Å². The van der Waals surface area contributed by atoms with E-state index in [1.54, 1.807) is 20.8 Å². The third-order valence-electron chi connectivity index (χ3n) is 2.49. The molecular weight excluding hydrogens is 210 g/mol. The van der Waals surface area contributed by atoms with E-state index in [0.717, 1.165) is 0 Å². The van der Waals surface area contributed by atoms with Crippen molar-refractivity contribution in [3.05, 3.63) is 0 Å². The lowest BCUT2D eigenvalue weighted by molar-refractivity contribution is -0.311. The third kappa shape index (κ3) is 4.08. The Balaban J connectivity index is 2.34. The maximum absolute atomic E-state index is 11.4. The Bertz CT molecular complexity index is 282. The smallest absolute Gasteiger partial charge is 0.407 e. The van der Waals surface area contributed by atoms with Crippen LogP contribution in [0.25, 0.3) is 0 Å². The molecule has 0 spiro atoms. The van der Waals surface area contributed by atoms with Gasteiger partial charge in [0.2, 0.25) is 0 Å². The average molecular weight is 228 g/mol. The van der Waals surface area contributed by atoms with Gasteiger partial charge in [0.1, 0.15) is 5.60 Å². The molecule has 1 aliphatic carbocycles. The lowest BCUT2D eigenvalue weighted by Gasteiger charge is -2.21. The van der Waals surface area contributed by atoms with Crippen molar-refractivity contribution in [2.24, 2.45) is 5.92 Å². The fraction of sp³-hybridized carbons (Fsp3) is 0.818. The second-order valence-corrected chi connectivity index (χ2v) is 5.17. The number of amides is 1. The summed E-state index contributed by atoms with van der Waals surface area (Å²) in [6, 6.07) is -0.113. The zero-order valence-electron chi connectivity index (χ0n) is 9.91. The van der Waals surface area contributed by atoms with Gasteiger partial charge in [-0.1, -0.05) is 0 Å². The molecule has 0 aromatic heterocycles. The number of carboxylic acid groups (broad SMARTS) is 1. The predicted octanol–water partition coefficient (Wildman–Crippen LogP) is 0.430.